The Balaban J connectivity index is 1.27. The van der Waals surface area contributed by atoms with Gasteiger partial charge < -0.3 is 10.1 Å². The topological polar surface area (TPSA) is 86.3 Å². The molecule has 0 aliphatic carbocycles. The van der Waals surface area contributed by atoms with Gasteiger partial charge in [-0.15, -0.1) is 11.3 Å². The minimum atomic E-state index is -0.109. The Morgan fingerprint density at radius 3 is 2.53 bits per heavy atom. The number of piperidine rings is 1. The van der Waals surface area contributed by atoms with Crippen molar-refractivity contribution in [3.8, 4) is 16.9 Å². The fraction of sp³-hybridized carbons (Fsp3) is 0.240. The predicted octanol–water partition coefficient (Wildman–Crippen LogP) is 4.45. The van der Waals surface area contributed by atoms with Crippen LogP contribution in [0.2, 0.25) is 0 Å². The summed E-state index contributed by atoms with van der Waals surface area (Å²) < 4.78 is 0. The molecule has 0 radical (unpaired) electrons. The van der Waals surface area contributed by atoms with Gasteiger partial charge in [-0.2, -0.15) is 0 Å². The number of hydrogen-bond donors (Lipinski definition) is 2. The monoisotopic (exact) mass is 445 g/mol. The Morgan fingerprint density at radius 2 is 1.81 bits per heavy atom. The van der Waals surface area contributed by atoms with Gasteiger partial charge in [0, 0.05) is 22.4 Å². The number of thiophene rings is 1. The number of nitrogens with zero attached hydrogens (tertiary/aromatic N) is 2. The highest BCUT2D eigenvalue weighted by Crippen LogP contribution is 2.30. The SMILES string of the molecule is O=C(c1ccc(O)cc1)C1CCN(Cc2nc3scc(-c4ccccc4)c3c(=O)[nH]2)CC1. The van der Waals surface area contributed by atoms with Crippen molar-refractivity contribution >= 4 is 27.3 Å². The van der Waals surface area contributed by atoms with Gasteiger partial charge in [-0.25, -0.2) is 4.98 Å². The largest absolute Gasteiger partial charge is 0.508 e. The average Bonchev–Trinajstić information content (AvgIpc) is 3.25. The van der Waals surface area contributed by atoms with Gasteiger partial charge in [0.15, 0.2) is 5.78 Å². The number of carbonyl (C=O) groups is 1. The van der Waals surface area contributed by atoms with Crippen molar-refractivity contribution in [1.29, 1.82) is 0 Å². The van der Waals surface area contributed by atoms with Crippen molar-refractivity contribution in [3.63, 3.8) is 0 Å². The number of phenols is 1. The molecule has 1 fully saturated rings. The Hall–Kier alpha value is -3.29. The van der Waals surface area contributed by atoms with Crippen molar-refractivity contribution in [1.82, 2.24) is 14.9 Å². The lowest BCUT2D eigenvalue weighted by Crippen LogP contribution is -2.36. The molecule has 1 aliphatic rings. The first-order valence-corrected chi connectivity index (χ1v) is 11.6. The molecule has 1 saturated heterocycles. The van der Waals surface area contributed by atoms with E-state index in [9.17, 15) is 14.7 Å². The van der Waals surface area contributed by atoms with E-state index < -0.39 is 0 Å². The Bertz CT molecular complexity index is 1300. The number of Topliss-reactive ketones (excluding diaryl/α,β-unsaturated/α-hetero) is 1. The molecule has 0 amide bonds. The van der Waals surface area contributed by atoms with E-state index in [1.807, 2.05) is 35.7 Å². The molecule has 0 atom stereocenters. The van der Waals surface area contributed by atoms with Crippen LogP contribution >= 0.6 is 11.3 Å². The number of ketones is 1. The summed E-state index contributed by atoms with van der Waals surface area (Å²) in [6, 6.07) is 16.3. The van der Waals surface area contributed by atoms with Crippen LogP contribution in [0.4, 0.5) is 0 Å². The van der Waals surface area contributed by atoms with Crippen molar-refractivity contribution in [2.75, 3.05) is 13.1 Å². The number of aromatic hydroxyl groups is 1. The maximum absolute atomic E-state index is 12.8. The minimum absolute atomic E-state index is 0.0176. The number of aromatic amines is 1. The molecule has 7 heteroatoms. The summed E-state index contributed by atoms with van der Waals surface area (Å²) in [5.74, 6) is 0.935. The maximum Gasteiger partial charge on any atom is 0.260 e. The van der Waals surface area contributed by atoms with Crippen molar-refractivity contribution in [2.24, 2.45) is 5.92 Å². The lowest BCUT2D eigenvalue weighted by molar-refractivity contribution is 0.0833. The molecule has 3 heterocycles. The number of aromatic nitrogens is 2. The van der Waals surface area contributed by atoms with Crippen LogP contribution in [-0.4, -0.2) is 38.8 Å². The first-order valence-electron chi connectivity index (χ1n) is 10.7. The van der Waals surface area contributed by atoms with E-state index in [2.05, 4.69) is 9.88 Å². The smallest absolute Gasteiger partial charge is 0.260 e. The van der Waals surface area contributed by atoms with E-state index in [-0.39, 0.29) is 23.0 Å². The number of nitrogens with one attached hydrogen (secondary N) is 1. The third-order valence-corrected chi connectivity index (χ3v) is 6.93. The Labute approximate surface area is 189 Å². The molecule has 162 valence electrons. The van der Waals surface area contributed by atoms with Crippen LogP contribution in [0.3, 0.4) is 0 Å². The van der Waals surface area contributed by atoms with Crippen LogP contribution in [0.1, 0.15) is 29.0 Å². The highest BCUT2D eigenvalue weighted by molar-refractivity contribution is 7.17. The molecule has 0 bridgehead atoms. The van der Waals surface area contributed by atoms with Crippen LogP contribution in [0, 0.1) is 5.92 Å². The van der Waals surface area contributed by atoms with Gasteiger partial charge in [0.25, 0.3) is 5.56 Å². The molecular formula is C25H23N3O3S. The third kappa shape index (κ3) is 4.09. The second-order valence-corrected chi connectivity index (χ2v) is 9.03. The van der Waals surface area contributed by atoms with Crippen molar-refractivity contribution < 1.29 is 9.90 Å². The summed E-state index contributed by atoms with van der Waals surface area (Å²) in [5.41, 5.74) is 2.46. The van der Waals surface area contributed by atoms with E-state index in [0.29, 0.717) is 23.3 Å². The van der Waals surface area contributed by atoms with Gasteiger partial charge >= 0.3 is 0 Å². The van der Waals surface area contributed by atoms with Crippen LogP contribution in [0.5, 0.6) is 5.75 Å². The highest BCUT2D eigenvalue weighted by Gasteiger charge is 2.26. The van der Waals surface area contributed by atoms with E-state index in [1.54, 1.807) is 24.3 Å². The second kappa shape index (κ2) is 8.68. The number of likely N-dealkylation sites (tertiary alicyclic amines) is 1. The fourth-order valence-electron chi connectivity index (χ4n) is 4.33. The van der Waals surface area contributed by atoms with Gasteiger partial charge in [0.2, 0.25) is 0 Å². The number of benzene rings is 2. The van der Waals surface area contributed by atoms with E-state index in [0.717, 1.165) is 41.9 Å². The van der Waals surface area contributed by atoms with Crippen molar-refractivity contribution in [2.45, 2.75) is 19.4 Å². The molecule has 32 heavy (non-hydrogen) atoms. The molecule has 0 unspecified atom stereocenters. The standard InChI is InChI=1S/C25H23N3O3S/c29-19-8-6-17(7-9-19)23(30)18-10-12-28(13-11-18)14-21-26-24(31)22-20(15-32-25(22)27-21)16-4-2-1-3-5-16/h1-9,15,18,29H,10-14H2,(H,26,27,31). The summed E-state index contributed by atoms with van der Waals surface area (Å²) in [4.78, 5) is 36.2. The van der Waals surface area contributed by atoms with Gasteiger partial charge in [0.05, 0.1) is 11.9 Å². The number of carbonyl (C=O) groups excluding carboxylic acids is 1. The number of fused-ring (bicyclic) bond motifs is 1. The zero-order chi connectivity index (χ0) is 22.1. The second-order valence-electron chi connectivity index (χ2n) is 8.17. The van der Waals surface area contributed by atoms with Crippen LogP contribution in [-0.2, 0) is 6.54 Å². The first-order chi connectivity index (χ1) is 15.6. The summed E-state index contributed by atoms with van der Waals surface area (Å²) in [7, 11) is 0. The number of phenolic OH excluding ortho intramolecular Hbond substituents is 1. The van der Waals surface area contributed by atoms with Gasteiger partial charge in [-0.3, -0.25) is 14.5 Å². The lowest BCUT2D eigenvalue weighted by atomic mass is 9.89. The fourth-order valence-corrected chi connectivity index (χ4v) is 5.29. The average molecular weight is 446 g/mol. The summed E-state index contributed by atoms with van der Waals surface area (Å²) in [6.45, 7) is 2.11. The third-order valence-electron chi connectivity index (χ3n) is 6.06. The number of rotatable bonds is 5. The highest BCUT2D eigenvalue weighted by atomic mass is 32.1. The molecule has 2 aromatic carbocycles. The number of hydrogen-bond acceptors (Lipinski definition) is 6. The van der Waals surface area contributed by atoms with Gasteiger partial charge in [-0.1, -0.05) is 30.3 Å². The zero-order valence-corrected chi connectivity index (χ0v) is 18.3. The summed E-state index contributed by atoms with van der Waals surface area (Å²) in [5, 5.41) is 12.1. The predicted molar refractivity (Wildman–Crippen MR) is 126 cm³/mol. The molecule has 0 saturated carbocycles. The number of H-pyrrole nitrogens is 1. The summed E-state index contributed by atoms with van der Waals surface area (Å²) >= 11 is 1.49. The molecule has 5 rings (SSSR count). The molecule has 0 spiro atoms. The molecule has 4 aromatic rings. The molecular weight excluding hydrogens is 422 g/mol. The maximum atomic E-state index is 12.8. The zero-order valence-electron chi connectivity index (χ0n) is 17.5. The first kappa shape index (κ1) is 20.6. The van der Waals surface area contributed by atoms with Gasteiger partial charge in [-0.05, 0) is 55.8 Å². The molecule has 1 aliphatic heterocycles. The molecule has 6 nitrogen and oxygen atoms in total. The van der Waals surface area contributed by atoms with E-state index >= 15 is 0 Å². The van der Waals surface area contributed by atoms with E-state index in [4.69, 9.17) is 4.98 Å². The lowest BCUT2D eigenvalue weighted by Gasteiger charge is -2.30. The van der Waals surface area contributed by atoms with Gasteiger partial charge in [0.1, 0.15) is 16.4 Å². The molecule has 2 N–H and O–H groups in total. The van der Waals surface area contributed by atoms with Crippen molar-refractivity contribution in [3.05, 3.63) is 81.7 Å². The Morgan fingerprint density at radius 1 is 1.09 bits per heavy atom. The summed E-state index contributed by atoms with van der Waals surface area (Å²) in [6.07, 6.45) is 1.53. The normalized spacial score (nSPS) is 15.2. The quantitative estimate of drug-likeness (QED) is 0.443. The van der Waals surface area contributed by atoms with Crippen LogP contribution in [0.15, 0.2) is 64.8 Å². The van der Waals surface area contributed by atoms with E-state index in [1.165, 1.54) is 11.3 Å². The van der Waals surface area contributed by atoms with Crippen LogP contribution in [0.25, 0.3) is 21.3 Å². The minimum Gasteiger partial charge on any atom is -0.508 e. The molecule has 2 aromatic heterocycles. The Kier molecular flexibility index (Phi) is 5.59. The van der Waals surface area contributed by atoms with Crippen LogP contribution < -0.4 is 5.56 Å².